The van der Waals surface area contributed by atoms with Crippen molar-refractivity contribution in [2.75, 3.05) is 6.61 Å². The molecular formula is C22H23NO4. The number of phenolic OH excluding ortho intramolecular Hbond substituents is 1. The van der Waals surface area contributed by atoms with Crippen LogP contribution in [0.15, 0.2) is 36.4 Å². The van der Waals surface area contributed by atoms with Crippen LogP contribution in [0.2, 0.25) is 0 Å². The number of aromatic hydroxyl groups is 1. The topological polar surface area (TPSA) is 82.7 Å². The third kappa shape index (κ3) is 2.50. The Kier molecular flexibility index (Phi) is 3.91. The van der Waals surface area contributed by atoms with Crippen molar-refractivity contribution in [1.29, 1.82) is 0 Å². The van der Waals surface area contributed by atoms with Gasteiger partial charge in [0.15, 0.2) is 5.78 Å². The number of hydrogen-bond acceptors (Lipinski definition) is 4. The minimum Gasteiger partial charge on any atom is -0.508 e. The van der Waals surface area contributed by atoms with Crippen LogP contribution in [0.1, 0.15) is 46.6 Å². The molecule has 140 valence electrons. The second-order valence-corrected chi connectivity index (χ2v) is 7.86. The first-order valence-corrected chi connectivity index (χ1v) is 9.04. The maximum atomic E-state index is 13.3. The Balaban J connectivity index is 1.96. The van der Waals surface area contributed by atoms with E-state index in [2.05, 4.69) is 13.8 Å². The molecule has 0 saturated carbocycles. The molecule has 3 aromatic rings. The zero-order valence-corrected chi connectivity index (χ0v) is 15.7. The highest BCUT2D eigenvalue weighted by atomic mass is 16.3. The predicted octanol–water partition coefficient (Wildman–Crippen LogP) is 2.65. The number of nitrogens with zero attached hydrogens (tertiary/aromatic N) is 1. The van der Waals surface area contributed by atoms with Gasteiger partial charge in [-0.05, 0) is 23.3 Å². The number of carbonyl (C=O) groups excluding carboxylic acids is 1. The largest absolute Gasteiger partial charge is 0.508 e. The van der Waals surface area contributed by atoms with E-state index >= 15 is 0 Å². The van der Waals surface area contributed by atoms with E-state index in [0.29, 0.717) is 17.5 Å². The fourth-order valence-electron chi connectivity index (χ4n) is 4.42. The van der Waals surface area contributed by atoms with Crippen LogP contribution < -0.4 is 0 Å². The molecule has 3 N–H and O–H groups in total. The molecule has 1 atom stereocenters. The first kappa shape index (κ1) is 17.8. The molecule has 0 spiro atoms. The molecule has 5 nitrogen and oxygen atoms in total. The maximum absolute atomic E-state index is 13.3. The number of hydrogen-bond donors (Lipinski definition) is 3. The fraction of sp³-hybridized carbons (Fsp3) is 0.318. The van der Waals surface area contributed by atoms with E-state index in [-0.39, 0.29) is 18.1 Å². The van der Waals surface area contributed by atoms with Gasteiger partial charge in [0.05, 0.1) is 23.8 Å². The third-order valence-corrected chi connectivity index (χ3v) is 5.69. The maximum Gasteiger partial charge on any atom is 0.195 e. The summed E-state index contributed by atoms with van der Waals surface area (Å²) in [7, 11) is 1.92. The zero-order chi connectivity index (χ0) is 19.5. The van der Waals surface area contributed by atoms with Gasteiger partial charge in [0.1, 0.15) is 5.75 Å². The summed E-state index contributed by atoms with van der Waals surface area (Å²) in [5, 5.41) is 29.6. The molecule has 0 aliphatic heterocycles. The van der Waals surface area contributed by atoms with E-state index in [0.717, 1.165) is 27.7 Å². The third-order valence-electron chi connectivity index (χ3n) is 5.69. The van der Waals surface area contributed by atoms with Crippen LogP contribution in [0.5, 0.6) is 5.75 Å². The highest BCUT2D eigenvalue weighted by Gasteiger charge is 2.41. The van der Waals surface area contributed by atoms with Gasteiger partial charge in [0.25, 0.3) is 0 Å². The molecule has 5 heteroatoms. The molecule has 1 aliphatic rings. The SMILES string of the molecule is Cn1c2c(c3ccc(O)cc31)C(=O)c1ccc(C[C@@H](O)CO)cc1C2(C)C. The molecule has 27 heavy (non-hydrogen) atoms. The lowest BCUT2D eigenvalue weighted by Gasteiger charge is -2.34. The van der Waals surface area contributed by atoms with Crippen molar-refractivity contribution in [3.05, 3.63) is 64.3 Å². The summed E-state index contributed by atoms with van der Waals surface area (Å²) in [6.45, 7) is 3.88. The van der Waals surface area contributed by atoms with Crippen LogP contribution in [-0.4, -0.2) is 38.4 Å². The van der Waals surface area contributed by atoms with Gasteiger partial charge in [-0.3, -0.25) is 4.79 Å². The molecule has 0 radical (unpaired) electrons. The summed E-state index contributed by atoms with van der Waals surface area (Å²) >= 11 is 0. The number of rotatable bonds is 3. The van der Waals surface area contributed by atoms with E-state index < -0.39 is 11.5 Å². The monoisotopic (exact) mass is 365 g/mol. The molecule has 1 heterocycles. The van der Waals surface area contributed by atoms with Crippen LogP contribution in [0.3, 0.4) is 0 Å². The van der Waals surface area contributed by atoms with Crippen LogP contribution >= 0.6 is 0 Å². The number of aliphatic hydroxyl groups is 2. The van der Waals surface area contributed by atoms with E-state index in [4.69, 9.17) is 5.11 Å². The van der Waals surface area contributed by atoms with E-state index in [1.165, 1.54) is 0 Å². The lowest BCUT2D eigenvalue weighted by Crippen LogP contribution is -2.32. The Hall–Kier alpha value is -2.63. The first-order chi connectivity index (χ1) is 12.8. The molecular weight excluding hydrogens is 342 g/mol. The van der Waals surface area contributed by atoms with Gasteiger partial charge in [0, 0.05) is 41.6 Å². The van der Waals surface area contributed by atoms with E-state index in [9.17, 15) is 15.0 Å². The minimum atomic E-state index is -0.818. The lowest BCUT2D eigenvalue weighted by molar-refractivity contribution is 0.0954. The number of fused-ring (bicyclic) bond motifs is 4. The average Bonchev–Trinajstić information content (AvgIpc) is 2.93. The van der Waals surface area contributed by atoms with Gasteiger partial charge in [0.2, 0.25) is 0 Å². The summed E-state index contributed by atoms with van der Waals surface area (Å²) < 4.78 is 1.99. The van der Waals surface area contributed by atoms with Crippen LogP contribution in [0.4, 0.5) is 0 Å². The minimum absolute atomic E-state index is 0.0233. The number of carbonyl (C=O) groups is 1. The van der Waals surface area contributed by atoms with Gasteiger partial charge in [-0.2, -0.15) is 0 Å². The van der Waals surface area contributed by atoms with Crippen molar-refractivity contribution in [2.24, 2.45) is 7.05 Å². The summed E-state index contributed by atoms with van der Waals surface area (Å²) in [6, 6.07) is 10.7. The van der Waals surface area contributed by atoms with Gasteiger partial charge >= 0.3 is 0 Å². The molecule has 0 unspecified atom stereocenters. The Morgan fingerprint density at radius 1 is 1.15 bits per heavy atom. The second-order valence-electron chi connectivity index (χ2n) is 7.86. The van der Waals surface area contributed by atoms with E-state index in [1.807, 2.05) is 29.8 Å². The van der Waals surface area contributed by atoms with Crippen molar-refractivity contribution in [3.63, 3.8) is 0 Å². The average molecular weight is 365 g/mol. The summed E-state index contributed by atoms with van der Waals surface area (Å²) in [4.78, 5) is 13.3. The highest BCUT2D eigenvalue weighted by molar-refractivity contribution is 6.20. The lowest BCUT2D eigenvalue weighted by atomic mass is 9.70. The number of benzene rings is 2. The smallest absolute Gasteiger partial charge is 0.195 e. The quantitative estimate of drug-likeness (QED) is 0.666. The first-order valence-electron chi connectivity index (χ1n) is 9.04. The number of aryl methyl sites for hydroxylation is 1. The van der Waals surface area contributed by atoms with Crippen molar-refractivity contribution in [3.8, 4) is 5.75 Å². The van der Waals surface area contributed by atoms with Gasteiger partial charge in [-0.25, -0.2) is 0 Å². The molecule has 1 aromatic heterocycles. The zero-order valence-electron chi connectivity index (χ0n) is 15.7. The molecule has 0 bridgehead atoms. The Morgan fingerprint density at radius 3 is 2.59 bits per heavy atom. The number of aromatic nitrogens is 1. The second kappa shape index (κ2) is 5.94. The summed E-state index contributed by atoms with van der Waals surface area (Å²) in [5.41, 5.74) is 4.46. The van der Waals surface area contributed by atoms with E-state index in [1.54, 1.807) is 18.2 Å². The normalized spacial score (nSPS) is 16.3. The van der Waals surface area contributed by atoms with Crippen molar-refractivity contribution < 1.29 is 20.1 Å². The van der Waals surface area contributed by atoms with Crippen molar-refractivity contribution >= 4 is 16.7 Å². The molecule has 4 rings (SSSR count). The predicted molar refractivity (Wildman–Crippen MR) is 103 cm³/mol. The van der Waals surface area contributed by atoms with Gasteiger partial charge < -0.3 is 19.9 Å². The summed E-state index contributed by atoms with van der Waals surface area (Å²) in [6.07, 6.45) is -0.481. The van der Waals surface area contributed by atoms with Crippen LogP contribution in [0.25, 0.3) is 10.9 Å². The molecule has 0 saturated heterocycles. The number of aliphatic hydroxyl groups excluding tert-OH is 2. The number of ketones is 1. The molecule has 2 aromatic carbocycles. The molecule has 0 fully saturated rings. The molecule has 0 amide bonds. The van der Waals surface area contributed by atoms with Gasteiger partial charge in [-0.1, -0.05) is 32.0 Å². The standard InChI is InChI=1S/C22H23NO4/c1-22(2)17-9-12(8-14(26)11-24)4-6-15(17)20(27)19-16-7-5-13(25)10-18(16)23(3)21(19)22/h4-7,9-10,14,24-26H,8,11H2,1-3H3/t14-/m1/s1. The Morgan fingerprint density at radius 2 is 1.89 bits per heavy atom. The van der Waals surface area contributed by atoms with Crippen molar-refractivity contribution in [2.45, 2.75) is 31.8 Å². The van der Waals surface area contributed by atoms with Crippen LogP contribution in [0, 0.1) is 0 Å². The summed E-state index contributed by atoms with van der Waals surface area (Å²) in [5.74, 6) is 0.147. The molecule has 1 aliphatic carbocycles. The Labute approximate surface area is 157 Å². The van der Waals surface area contributed by atoms with Crippen molar-refractivity contribution in [1.82, 2.24) is 4.57 Å². The van der Waals surface area contributed by atoms with Crippen LogP contribution in [-0.2, 0) is 18.9 Å². The Bertz CT molecular complexity index is 1080. The number of phenols is 1. The highest BCUT2D eigenvalue weighted by Crippen LogP contribution is 2.45. The fourth-order valence-corrected chi connectivity index (χ4v) is 4.42. The van der Waals surface area contributed by atoms with Gasteiger partial charge in [-0.15, -0.1) is 0 Å².